The molecule has 0 spiro atoms. The fourth-order valence-electron chi connectivity index (χ4n) is 1.24. The SMILES string of the molecule is C=CCOC(=O)NC[C@@H](CN)c1ccoc1. The van der Waals surface area contributed by atoms with Crippen LogP contribution in [0.3, 0.4) is 0 Å². The van der Waals surface area contributed by atoms with Crippen LogP contribution in [0, 0.1) is 0 Å². The molecule has 5 nitrogen and oxygen atoms in total. The van der Waals surface area contributed by atoms with E-state index in [2.05, 4.69) is 11.9 Å². The van der Waals surface area contributed by atoms with Gasteiger partial charge in [0, 0.05) is 19.0 Å². The number of amides is 1. The smallest absolute Gasteiger partial charge is 0.407 e. The number of hydrogen-bond donors (Lipinski definition) is 2. The number of alkyl carbamates (subject to hydrolysis) is 1. The third-order valence-corrected chi connectivity index (χ3v) is 2.12. The number of carbonyl (C=O) groups is 1. The molecule has 1 amide bonds. The summed E-state index contributed by atoms with van der Waals surface area (Å²) < 4.78 is 9.73. The molecule has 0 bridgehead atoms. The van der Waals surface area contributed by atoms with Crippen molar-refractivity contribution in [1.82, 2.24) is 5.32 Å². The second kappa shape index (κ2) is 6.68. The van der Waals surface area contributed by atoms with Crippen molar-refractivity contribution in [2.24, 2.45) is 5.73 Å². The number of ether oxygens (including phenoxy) is 1. The highest BCUT2D eigenvalue weighted by molar-refractivity contribution is 5.67. The van der Waals surface area contributed by atoms with Crippen LogP contribution in [-0.2, 0) is 4.74 Å². The maximum absolute atomic E-state index is 11.1. The Kier molecular flexibility index (Phi) is 5.15. The fraction of sp³-hybridized carbons (Fsp3) is 0.364. The monoisotopic (exact) mass is 224 g/mol. The van der Waals surface area contributed by atoms with Gasteiger partial charge in [0.1, 0.15) is 6.61 Å². The Balaban J connectivity index is 2.34. The number of rotatable bonds is 6. The number of nitrogens with one attached hydrogen (secondary N) is 1. The van der Waals surface area contributed by atoms with Gasteiger partial charge in [-0.2, -0.15) is 0 Å². The Morgan fingerprint density at radius 2 is 2.56 bits per heavy atom. The van der Waals surface area contributed by atoms with Crippen molar-refractivity contribution in [3.8, 4) is 0 Å². The van der Waals surface area contributed by atoms with E-state index in [4.69, 9.17) is 14.9 Å². The van der Waals surface area contributed by atoms with Gasteiger partial charge in [-0.15, -0.1) is 0 Å². The molecule has 88 valence electrons. The van der Waals surface area contributed by atoms with Crippen LogP contribution in [0.1, 0.15) is 11.5 Å². The second-order valence-electron chi connectivity index (χ2n) is 3.26. The first-order chi connectivity index (χ1) is 7.77. The van der Waals surface area contributed by atoms with Gasteiger partial charge in [-0.3, -0.25) is 0 Å². The topological polar surface area (TPSA) is 77.5 Å². The van der Waals surface area contributed by atoms with E-state index in [9.17, 15) is 4.79 Å². The summed E-state index contributed by atoms with van der Waals surface area (Å²) in [4.78, 5) is 11.1. The predicted molar refractivity (Wildman–Crippen MR) is 60.1 cm³/mol. The van der Waals surface area contributed by atoms with E-state index < -0.39 is 6.09 Å². The molecule has 0 fully saturated rings. The van der Waals surface area contributed by atoms with Crippen molar-refractivity contribution in [1.29, 1.82) is 0 Å². The summed E-state index contributed by atoms with van der Waals surface area (Å²) in [6, 6.07) is 1.83. The van der Waals surface area contributed by atoms with Crippen LogP contribution in [0.4, 0.5) is 4.79 Å². The lowest BCUT2D eigenvalue weighted by atomic mass is 10.0. The highest BCUT2D eigenvalue weighted by atomic mass is 16.5. The number of furan rings is 1. The van der Waals surface area contributed by atoms with Gasteiger partial charge >= 0.3 is 6.09 Å². The van der Waals surface area contributed by atoms with Crippen LogP contribution < -0.4 is 11.1 Å². The molecule has 0 aliphatic heterocycles. The van der Waals surface area contributed by atoms with Gasteiger partial charge in [-0.1, -0.05) is 12.7 Å². The van der Waals surface area contributed by atoms with Crippen molar-refractivity contribution in [3.05, 3.63) is 36.8 Å². The second-order valence-corrected chi connectivity index (χ2v) is 3.26. The lowest BCUT2D eigenvalue weighted by molar-refractivity contribution is 0.157. The van der Waals surface area contributed by atoms with Crippen molar-refractivity contribution in [3.63, 3.8) is 0 Å². The van der Waals surface area contributed by atoms with Gasteiger partial charge in [-0.25, -0.2) is 4.79 Å². The van der Waals surface area contributed by atoms with Gasteiger partial charge in [0.25, 0.3) is 0 Å². The molecule has 0 radical (unpaired) electrons. The molecule has 0 aromatic carbocycles. The summed E-state index contributed by atoms with van der Waals surface area (Å²) in [7, 11) is 0. The fourth-order valence-corrected chi connectivity index (χ4v) is 1.24. The van der Waals surface area contributed by atoms with Gasteiger partial charge in [-0.05, 0) is 11.6 Å². The normalized spacial score (nSPS) is 11.8. The van der Waals surface area contributed by atoms with E-state index in [0.29, 0.717) is 13.1 Å². The van der Waals surface area contributed by atoms with E-state index in [1.807, 2.05) is 6.07 Å². The molecular weight excluding hydrogens is 208 g/mol. The minimum absolute atomic E-state index is 0.0371. The zero-order valence-corrected chi connectivity index (χ0v) is 9.02. The molecule has 0 saturated carbocycles. The molecule has 5 heteroatoms. The minimum Gasteiger partial charge on any atom is -0.472 e. The molecular formula is C11H16N2O3. The summed E-state index contributed by atoms with van der Waals surface area (Å²) in [5, 5.41) is 2.63. The summed E-state index contributed by atoms with van der Waals surface area (Å²) in [6.07, 6.45) is 4.24. The molecule has 1 heterocycles. The molecule has 1 aromatic heterocycles. The molecule has 1 rings (SSSR count). The van der Waals surface area contributed by atoms with Gasteiger partial charge in [0.2, 0.25) is 0 Å². The molecule has 1 aromatic rings. The minimum atomic E-state index is -0.471. The Bertz CT molecular complexity index is 322. The summed E-state index contributed by atoms with van der Waals surface area (Å²) in [5.74, 6) is 0.0371. The molecule has 0 saturated heterocycles. The lowest BCUT2D eigenvalue weighted by Crippen LogP contribution is -2.31. The summed E-state index contributed by atoms with van der Waals surface area (Å²) in [6.45, 7) is 4.50. The van der Waals surface area contributed by atoms with Crippen LogP contribution in [0.5, 0.6) is 0 Å². The maximum atomic E-state index is 11.1. The predicted octanol–water partition coefficient (Wildman–Crippen LogP) is 1.23. The maximum Gasteiger partial charge on any atom is 0.407 e. The van der Waals surface area contributed by atoms with Gasteiger partial charge < -0.3 is 20.2 Å². The number of nitrogens with two attached hydrogens (primary N) is 1. The summed E-state index contributed by atoms with van der Waals surface area (Å²) in [5.41, 5.74) is 6.56. The molecule has 0 unspecified atom stereocenters. The number of carbonyl (C=O) groups excluding carboxylic acids is 1. The first-order valence-electron chi connectivity index (χ1n) is 5.01. The highest BCUT2D eigenvalue weighted by Crippen LogP contribution is 2.13. The first-order valence-corrected chi connectivity index (χ1v) is 5.01. The van der Waals surface area contributed by atoms with Crippen molar-refractivity contribution in [2.45, 2.75) is 5.92 Å². The van der Waals surface area contributed by atoms with Crippen LogP contribution in [-0.4, -0.2) is 25.8 Å². The third kappa shape index (κ3) is 3.78. The molecule has 0 aliphatic carbocycles. The van der Waals surface area contributed by atoms with Crippen molar-refractivity contribution < 1.29 is 13.9 Å². The van der Waals surface area contributed by atoms with Gasteiger partial charge in [0.05, 0.1) is 12.5 Å². The largest absolute Gasteiger partial charge is 0.472 e. The van der Waals surface area contributed by atoms with Crippen LogP contribution >= 0.6 is 0 Å². The molecule has 1 atom stereocenters. The van der Waals surface area contributed by atoms with E-state index in [0.717, 1.165) is 5.56 Å². The van der Waals surface area contributed by atoms with E-state index in [-0.39, 0.29) is 12.5 Å². The summed E-state index contributed by atoms with van der Waals surface area (Å²) >= 11 is 0. The lowest BCUT2D eigenvalue weighted by Gasteiger charge is -2.13. The van der Waals surface area contributed by atoms with E-state index >= 15 is 0 Å². The quantitative estimate of drug-likeness (QED) is 0.712. The zero-order valence-electron chi connectivity index (χ0n) is 9.02. The first kappa shape index (κ1) is 12.3. The zero-order chi connectivity index (χ0) is 11.8. The van der Waals surface area contributed by atoms with Crippen LogP contribution in [0.2, 0.25) is 0 Å². The molecule has 0 aliphatic rings. The Hall–Kier alpha value is -1.75. The number of hydrogen-bond acceptors (Lipinski definition) is 4. The molecule has 16 heavy (non-hydrogen) atoms. The van der Waals surface area contributed by atoms with Crippen molar-refractivity contribution in [2.75, 3.05) is 19.7 Å². The van der Waals surface area contributed by atoms with E-state index in [1.54, 1.807) is 12.5 Å². The van der Waals surface area contributed by atoms with Crippen LogP contribution in [0.15, 0.2) is 35.7 Å². The van der Waals surface area contributed by atoms with Crippen molar-refractivity contribution >= 4 is 6.09 Å². The highest BCUT2D eigenvalue weighted by Gasteiger charge is 2.12. The Morgan fingerprint density at radius 3 is 3.12 bits per heavy atom. The third-order valence-electron chi connectivity index (χ3n) is 2.12. The Labute approximate surface area is 94.3 Å². The molecule has 3 N–H and O–H groups in total. The Morgan fingerprint density at radius 1 is 1.75 bits per heavy atom. The van der Waals surface area contributed by atoms with Crippen LogP contribution in [0.25, 0.3) is 0 Å². The van der Waals surface area contributed by atoms with E-state index in [1.165, 1.54) is 6.08 Å². The standard InChI is InChI=1S/C11H16N2O3/c1-2-4-16-11(14)13-7-10(6-12)9-3-5-15-8-9/h2-3,5,8,10H,1,4,6-7,12H2,(H,13,14)/t10-/m1/s1. The average molecular weight is 224 g/mol. The van der Waals surface area contributed by atoms with Gasteiger partial charge in [0.15, 0.2) is 0 Å². The average Bonchev–Trinajstić information content (AvgIpc) is 2.81.